The summed E-state index contributed by atoms with van der Waals surface area (Å²) in [7, 11) is 0. The predicted octanol–water partition coefficient (Wildman–Crippen LogP) is 5.17. The molecule has 1 aliphatic heterocycles. The molecule has 0 saturated heterocycles. The number of nitrogens with zero attached hydrogens (tertiary/aromatic N) is 3. The van der Waals surface area contributed by atoms with Crippen molar-refractivity contribution in [1.82, 2.24) is 9.88 Å². The normalized spacial score (nSPS) is 21.3. The fraction of sp³-hybridized carbons (Fsp3) is 0.381. The minimum atomic E-state index is 0.318. The predicted molar refractivity (Wildman–Crippen MR) is 101 cm³/mol. The van der Waals surface area contributed by atoms with E-state index in [1.54, 1.807) is 6.20 Å². The molecule has 1 fully saturated rings. The second-order valence-corrected chi connectivity index (χ2v) is 7.30. The van der Waals surface area contributed by atoms with Gasteiger partial charge in [0.1, 0.15) is 11.7 Å². The molecular weight excluding hydrogens is 310 g/mol. The molecule has 1 atom stereocenters. The quantitative estimate of drug-likeness (QED) is 0.647. The molecule has 0 radical (unpaired) electrons. The average Bonchev–Trinajstić information content (AvgIpc) is 3.33. The largest absolute Gasteiger partial charge is 0.454 e. The molecule has 0 bridgehead atoms. The zero-order chi connectivity index (χ0) is 17.0. The van der Waals surface area contributed by atoms with Gasteiger partial charge in [0.2, 0.25) is 0 Å². The Hall–Kier alpha value is -2.49. The molecule has 25 heavy (non-hydrogen) atoms. The molecule has 3 aromatic rings. The third-order valence-corrected chi connectivity index (χ3v) is 5.85. The third-order valence-electron chi connectivity index (χ3n) is 5.85. The second-order valence-electron chi connectivity index (χ2n) is 7.30. The molecule has 3 heterocycles. The number of furan rings is 1. The lowest BCUT2D eigenvalue weighted by Crippen LogP contribution is -2.41. The number of aryl methyl sites for hydroxylation is 1. The lowest BCUT2D eigenvalue weighted by molar-refractivity contribution is 0.237. The second kappa shape index (κ2) is 5.51. The molecule has 2 aromatic heterocycles. The van der Waals surface area contributed by atoms with Crippen molar-refractivity contribution in [2.75, 3.05) is 4.90 Å². The minimum absolute atomic E-state index is 0.318. The Morgan fingerprint density at radius 2 is 1.92 bits per heavy atom. The number of rotatable bonds is 2. The van der Waals surface area contributed by atoms with E-state index in [0.717, 1.165) is 21.9 Å². The fourth-order valence-corrected chi connectivity index (χ4v) is 4.52. The molecule has 1 aliphatic carbocycles. The molecule has 0 spiro atoms. The van der Waals surface area contributed by atoms with Gasteiger partial charge in [-0.05, 0) is 38.3 Å². The maximum absolute atomic E-state index is 6.25. The number of hydrogen-bond donors (Lipinski definition) is 0. The highest BCUT2D eigenvalue weighted by Gasteiger charge is 2.32. The SMILES string of the molecule is Cc1ccc2c(oc3ccncc32)c1N1C=CN(C2CCCC2)[C@@H]1C. The van der Waals surface area contributed by atoms with Crippen molar-refractivity contribution >= 4 is 27.6 Å². The van der Waals surface area contributed by atoms with Crippen LogP contribution >= 0.6 is 0 Å². The number of pyridine rings is 1. The van der Waals surface area contributed by atoms with Crippen LogP contribution in [0.3, 0.4) is 0 Å². The maximum atomic E-state index is 6.25. The maximum Gasteiger partial charge on any atom is 0.159 e. The van der Waals surface area contributed by atoms with Crippen LogP contribution in [0.5, 0.6) is 0 Å². The van der Waals surface area contributed by atoms with E-state index in [4.69, 9.17) is 4.42 Å². The van der Waals surface area contributed by atoms with Crippen LogP contribution in [0, 0.1) is 6.92 Å². The van der Waals surface area contributed by atoms with E-state index in [1.165, 1.54) is 36.9 Å². The minimum Gasteiger partial charge on any atom is -0.454 e. The summed E-state index contributed by atoms with van der Waals surface area (Å²) in [5, 5.41) is 2.23. The van der Waals surface area contributed by atoms with Crippen molar-refractivity contribution in [1.29, 1.82) is 0 Å². The highest BCUT2D eigenvalue weighted by Crippen LogP contribution is 2.40. The Morgan fingerprint density at radius 3 is 2.76 bits per heavy atom. The Kier molecular flexibility index (Phi) is 3.27. The molecule has 128 valence electrons. The summed E-state index contributed by atoms with van der Waals surface area (Å²) in [5.41, 5.74) is 4.29. The van der Waals surface area contributed by atoms with E-state index in [2.05, 4.69) is 53.2 Å². The van der Waals surface area contributed by atoms with Gasteiger partial charge in [-0.2, -0.15) is 0 Å². The van der Waals surface area contributed by atoms with Crippen LogP contribution in [0.1, 0.15) is 38.2 Å². The fourth-order valence-electron chi connectivity index (χ4n) is 4.52. The van der Waals surface area contributed by atoms with Gasteiger partial charge in [0.05, 0.1) is 5.69 Å². The molecule has 4 nitrogen and oxygen atoms in total. The molecule has 5 rings (SSSR count). The van der Waals surface area contributed by atoms with Gasteiger partial charge in [-0.3, -0.25) is 4.98 Å². The molecule has 2 aliphatic rings. The molecule has 0 amide bonds. The summed E-state index contributed by atoms with van der Waals surface area (Å²) in [6.07, 6.45) is 13.8. The van der Waals surface area contributed by atoms with Gasteiger partial charge >= 0.3 is 0 Å². The molecule has 0 N–H and O–H groups in total. The topological polar surface area (TPSA) is 32.5 Å². The van der Waals surface area contributed by atoms with Gasteiger partial charge in [-0.25, -0.2) is 0 Å². The van der Waals surface area contributed by atoms with Gasteiger partial charge in [0.25, 0.3) is 0 Å². The van der Waals surface area contributed by atoms with Crippen LogP contribution < -0.4 is 4.90 Å². The van der Waals surface area contributed by atoms with Crippen LogP contribution in [0.2, 0.25) is 0 Å². The van der Waals surface area contributed by atoms with Crippen molar-refractivity contribution in [2.45, 2.75) is 51.7 Å². The van der Waals surface area contributed by atoms with E-state index >= 15 is 0 Å². The van der Waals surface area contributed by atoms with E-state index < -0.39 is 0 Å². The van der Waals surface area contributed by atoms with Gasteiger partial charge in [-0.1, -0.05) is 25.0 Å². The number of hydrogen-bond acceptors (Lipinski definition) is 4. The van der Waals surface area contributed by atoms with Crippen molar-refractivity contribution < 1.29 is 4.42 Å². The summed E-state index contributed by atoms with van der Waals surface area (Å²) < 4.78 is 6.25. The van der Waals surface area contributed by atoms with Crippen molar-refractivity contribution in [3.8, 4) is 0 Å². The van der Waals surface area contributed by atoms with E-state index in [0.29, 0.717) is 12.2 Å². The van der Waals surface area contributed by atoms with Crippen molar-refractivity contribution in [2.24, 2.45) is 0 Å². The number of aromatic nitrogens is 1. The summed E-state index contributed by atoms with van der Waals surface area (Å²) in [5.74, 6) is 0. The molecule has 1 aromatic carbocycles. The Labute approximate surface area is 147 Å². The molecule has 1 saturated carbocycles. The molecular formula is C21H23N3O. The first-order chi connectivity index (χ1) is 12.2. The van der Waals surface area contributed by atoms with Crippen LogP contribution in [0.4, 0.5) is 5.69 Å². The Morgan fingerprint density at radius 1 is 1.08 bits per heavy atom. The first-order valence-corrected chi connectivity index (χ1v) is 9.24. The van der Waals surface area contributed by atoms with Gasteiger partial charge in [-0.15, -0.1) is 0 Å². The summed E-state index contributed by atoms with van der Waals surface area (Å²) in [6, 6.07) is 6.97. The van der Waals surface area contributed by atoms with Gasteiger partial charge < -0.3 is 14.2 Å². The number of benzene rings is 1. The zero-order valence-corrected chi connectivity index (χ0v) is 14.8. The van der Waals surface area contributed by atoms with Gasteiger partial charge in [0, 0.05) is 41.6 Å². The highest BCUT2D eigenvalue weighted by atomic mass is 16.3. The standard InChI is InChI=1S/C21H23N3O/c1-14-7-8-17-18-13-22-10-9-19(18)25-21(17)20(14)24-12-11-23(15(24)2)16-5-3-4-6-16/h7-13,15-16H,3-6H2,1-2H3/t15-/m0/s1. The summed E-state index contributed by atoms with van der Waals surface area (Å²) in [4.78, 5) is 9.16. The van der Waals surface area contributed by atoms with Crippen LogP contribution in [0.15, 0.2) is 47.4 Å². The lowest BCUT2D eigenvalue weighted by atomic mass is 10.1. The first kappa shape index (κ1) is 14.8. The Bertz CT molecular complexity index is 968. The van der Waals surface area contributed by atoms with Crippen LogP contribution in [-0.4, -0.2) is 22.1 Å². The number of anilines is 1. The highest BCUT2D eigenvalue weighted by molar-refractivity contribution is 6.09. The average molecular weight is 333 g/mol. The zero-order valence-electron chi connectivity index (χ0n) is 14.8. The van der Waals surface area contributed by atoms with Gasteiger partial charge in [0.15, 0.2) is 5.58 Å². The molecule has 0 unspecified atom stereocenters. The van der Waals surface area contributed by atoms with E-state index in [1.807, 2.05) is 12.3 Å². The Balaban J connectivity index is 1.63. The van der Waals surface area contributed by atoms with Crippen LogP contribution in [-0.2, 0) is 0 Å². The van der Waals surface area contributed by atoms with Crippen molar-refractivity contribution in [3.63, 3.8) is 0 Å². The van der Waals surface area contributed by atoms with Crippen molar-refractivity contribution in [3.05, 3.63) is 48.6 Å². The molecule has 4 heteroatoms. The summed E-state index contributed by atoms with van der Waals surface area (Å²) >= 11 is 0. The lowest BCUT2D eigenvalue weighted by Gasteiger charge is -2.34. The van der Waals surface area contributed by atoms with Crippen LogP contribution in [0.25, 0.3) is 21.9 Å². The summed E-state index contributed by atoms with van der Waals surface area (Å²) in [6.45, 7) is 4.46. The first-order valence-electron chi connectivity index (χ1n) is 9.24. The third kappa shape index (κ3) is 2.16. The van der Waals surface area contributed by atoms with E-state index in [-0.39, 0.29) is 0 Å². The number of fused-ring (bicyclic) bond motifs is 3. The smallest absolute Gasteiger partial charge is 0.159 e. The van der Waals surface area contributed by atoms with E-state index in [9.17, 15) is 0 Å². The monoisotopic (exact) mass is 333 g/mol.